The van der Waals surface area contributed by atoms with Gasteiger partial charge < -0.3 is 9.84 Å². The van der Waals surface area contributed by atoms with Crippen LogP contribution in [0, 0.1) is 10.8 Å². The van der Waals surface area contributed by atoms with Gasteiger partial charge in [0, 0.05) is 0 Å². The van der Waals surface area contributed by atoms with Gasteiger partial charge in [0.15, 0.2) is 0 Å². The molecule has 0 radical (unpaired) electrons. The Labute approximate surface area is 93.1 Å². The molecule has 16 heavy (non-hydrogen) atoms. The summed E-state index contributed by atoms with van der Waals surface area (Å²) in [5.74, 6) is -3.35. The summed E-state index contributed by atoms with van der Waals surface area (Å²) in [5, 5.41) is 9.04. The largest absolute Gasteiger partial charge is 0.481 e. The van der Waals surface area contributed by atoms with Gasteiger partial charge in [0.2, 0.25) is 5.83 Å². The number of hydrogen-bond acceptors (Lipinski definition) is 3. The van der Waals surface area contributed by atoms with Crippen molar-refractivity contribution in [1.29, 1.82) is 0 Å². The zero-order chi connectivity index (χ0) is 12.6. The lowest BCUT2D eigenvalue weighted by molar-refractivity contribution is -0.142. The van der Waals surface area contributed by atoms with E-state index in [0.29, 0.717) is 6.42 Å². The first-order valence-corrected chi connectivity index (χ1v) is 5.06. The number of aliphatic carboxylic acids is 1. The van der Waals surface area contributed by atoms with E-state index in [2.05, 4.69) is 4.74 Å². The molecule has 1 saturated carbocycles. The van der Waals surface area contributed by atoms with Gasteiger partial charge in [-0.15, -0.1) is 0 Å². The summed E-state index contributed by atoms with van der Waals surface area (Å²) in [6.45, 7) is 5.05. The zero-order valence-electron chi connectivity index (χ0n) is 9.54. The van der Waals surface area contributed by atoms with Crippen molar-refractivity contribution in [1.82, 2.24) is 0 Å². The molecule has 0 aromatic carbocycles. The van der Waals surface area contributed by atoms with Crippen molar-refractivity contribution < 1.29 is 23.8 Å². The first kappa shape index (κ1) is 12.7. The van der Waals surface area contributed by atoms with Gasteiger partial charge in [0.25, 0.3) is 0 Å². The van der Waals surface area contributed by atoms with Crippen LogP contribution in [0.2, 0.25) is 0 Å². The Balaban J connectivity index is 2.90. The van der Waals surface area contributed by atoms with E-state index in [1.807, 2.05) is 0 Å². The monoisotopic (exact) mass is 230 g/mol. The van der Waals surface area contributed by atoms with E-state index in [9.17, 15) is 14.0 Å². The predicted octanol–water partition coefficient (Wildman–Crippen LogP) is 1.90. The Bertz CT molecular complexity index is 359. The molecule has 1 atom stereocenters. The fourth-order valence-corrected chi connectivity index (χ4v) is 1.80. The van der Waals surface area contributed by atoms with E-state index < -0.39 is 28.6 Å². The second-order valence-electron chi connectivity index (χ2n) is 4.55. The molecule has 1 aliphatic carbocycles. The average molecular weight is 230 g/mol. The lowest BCUT2D eigenvalue weighted by atomic mass is 9.95. The molecule has 0 saturated heterocycles. The molecule has 1 aliphatic rings. The summed E-state index contributed by atoms with van der Waals surface area (Å²) in [5.41, 5.74) is -1.80. The molecule has 0 aromatic heterocycles. The van der Waals surface area contributed by atoms with Crippen LogP contribution >= 0.6 is 0 Å². The molecule has 0 amide bonds. The molecular weight excluding hydrogens is 215 g/mol. The molecule has 0 bridgehead atoms. The van der Waals surface area contributed by atoms with Crippen LogP contribution in [0.1, 0.15) is 27.2 Å². The van der Waals surface area contributed by atoms with Crippen molar-refractivity contribution in [2.45, 2.75) is 27.2 Å². The van der Waals surface area contributed by atoms with Crippen LogP contribution in [0.25, 0.3) is 0 Å². The molecular formula is C11H15FO4. The molecule has 0 aliphatic heterocycles. The van der Waals surface area contributed by atoms with E-state index in [-0.39, 0.29) is 6.61 Å². The predicted molar refractivity (Wildman–Crippen MR) is 54.3 cm³/mol. The maximum atomic E-state index is 13.3. The highest BCUT2D eigenvalue weighted by Gasteiger charge is 2.66. The first-order valence-electron chi connectivity index (χ1n) is 5.06. The highest BCUT2D eigenvalue weighted by Crippen LogP contribution is 2.64. The van der Waals surface area contributed by atoms with E-state index >= 15 is 0 Å². The Morgan fingerprint density at radius 1 is 1.50 bits per heavy atom. The molecule has 0 unspecified atom stereocenters. The topological polar surface area (TPSA) is 63.6 Å². The van der Waals surface area contributed by atoms with Crippen molar-refractivity contribution >= 4 is 11.9 Å². The SMILES string of the molecule is CCOC(=O)C(F)=C[C@]1(C(=O)O)CC1(C)C. The van der Waals surface area contributed by atoms with Gasteiger partial charge in [-0.25, -0.2) is 4.79 Å². The number of ether oxygens (including phenoxy) is 1. The Morgan fingerprint density at radius 3 is 2.31 bits per heavy atom. The third-order valence-corrected chi connectivity index (χ3v) is 3.03. The molecule has 1 rings (SSSR count). The maximum Gasteiger partial charge on any atom is 0.366 e. The summed E-state index contributed by atoms with van der Waals surface area (Å²) in [7, 11) is 0. The zero-order valence-corrected chi connectivity index (χ0v) is 9.54. The van der Waals surface area contributed by atoms with Gasteiger partial charge in [0.05, 0.1) is 12.0 Å². The van der Waals surface area contributed by atoms with E-state index in [0.717, 1.165) is 6.08 Å². The minimum atomic E-state index is -1.27. The number of carbonyl (C=O) groups is 2. The summed E-state index contributed by atoms with van der Waals surface area (Å²) < 4.78 is 17.8. The number of esters is 1. The van der Waals surface area contributed by atoms with E-state index in [4.69, 9.17) is 5.11 Å². The highest BCUT2D eigenvalue weighted by atomic mass is 19.1. The summed E-state index contributed by atoms with van der Waals surface area (Å²) in [6, 6.07) is 0. The molecule has 90 valence electrons. The Hall–Kier alpha value is -1.39. The standard InChI is InChI=1S/C11H15FO4/c1-4-16-8(13)7(12)5-11(9(14)15)6-10(11,2)3/h5H,4,6H2,1-3H3,(H,14,15)/t11-/m1/s1. The number of carboxylic acids is 1. The molecule has 0 heterocycles. The van der Waals surface area contributed by atoms with Gasteiger partial charge in [-0.1, -0.05) is 13.8 Å². The second-order valence-corrected chi connectivity index (χ2v) is 4.55. The molecule has 0 spiro atoms. The summed E-state index contributed by atoms with van der Waals surface area (Å²) in [6.07, 6.45) is 1.19. The lowest BCUT2D eigenvalue weighted by Gasteiger charge is -2.10. The van der Waals surface area contributed by atoms with E-state index in [1.165, 1.54) is 0 Å². The molecule has 4 nitrogen and oxygen atoms in total. The number of carboxylic acid groups (broad SMARTS) is 1. The first-order chi connectivity index (χ1) is 7.27. The minimum absolute atomic E-state index is 0.0591. The second kappa shape index (κ2) is 3.88. The Morgan fingerprint density at radius 2 is 2.00 bits per heavy atom. The normalized spacial score (nSPS) is 27.4. The van der Waals surface area contributed by atoms with Gasteiger partial charge in [-0.05, 0) is 24.8 Å². The highest BCUT2D eigenvalue weighted by molar-refractivity contribution is 5.89. The van der Waals surface area contributed by atoms with Crippen LogP contribution in [-0.4, -0.2) is 23.7 Å². The van der Waals surface area contributed by atoms with Gasteiger partial charge in [-0.3, -0.25) is 4.79 Å². The minimum Gasteiger partial charge on any atom is -0.481 e. The van der Waals surface area contributed by atoms with Crippen molar-refractivity contribution in [2.24, 2.45) is 10.8 Å². The van der Waals surface area contributed by atoms with Gasteiger partial charge in [-0.2, -0.15) is 4.39 Å². The average Bonchev–Trinajstić information content (AvgIpc) is 2.70. The van der Waals surface area contributed by atoms with Gasteiger partial charge in [0.1, 0.15) is 0 Å². The van der Waals surface area contributed by atoms with Crippen molar-refractivity contribution in [2.75, 3.05) is 6.61 Å². The number of hydrogen-bond donors (Lipinski definition) is 1. The van der Waals surface area contributed by atoms with Crippen LogP contribution < -0.4 is 0 Å². The number of carbonyl (C=O) groups excluding carboxylic acids is 1. The maximum absolute atomic E-state index is 13.3. The summed E-state index contributed by atoms with van der Waals surface area (Å²) >= 11 is 0. The molecule has 1 N–H and O–H groups in total. The smallest absolute Gasteiger partial charge is 0.366 e. The van der Waals surface area contributed by atoms with Crippen LogP contribution in [-0.2, 0) is 14.3 Å². The quantitative estimate of drug-likeness (QED) is 0.591. The van der Waals surface area contributed by atoms with Crippen molar-refractivity contribution in [3.63, 3.8) is 0 Å². The molecule has 1 fully saturated rings. The van der Waals surface area contributed by atoms with Crippen LogP contribution in [0.3, 0.4) is 0 Å². The number of halogens is 1. The van der Waals surface area contributed by atoms with Crippen LogP contribution in [0.4, 0.5) is 4.39 Å². The lowest BCUT2D eigenvalue weighted by Crippen LogP contribution is -2.20. The third kappa shape index (κ3) is 1.94. The van der Waals surface area contributed by atoms with Crippen LogP contribution in [0.15, 0.2) is 11.9 Å². The van der Waals surface area contributed by atoms with Crippen molar-refractivity contribution in [3.05, 3.63) is 11.9 Å². The molecule has 5 heteroatoms. The fourth-order valence-electron chi connectivity index (χ4n) is 1.80. The number of rotatable bonds is 4. The summed E-state index contributed by atoms with van der Waals surface area (Å²) in [4.78, 5) is 22.1. The van der Waals surface area contributed by atoms with Crippen molar-refractivity contribution in [3.8, 4) is 0 Å². The van der Waals surface area contributed by atoms with E-state index in [1.54, 1.807) is 20.8 Å². The van der Waals surface area contributed by atoms with Crippen LogP contribution in [0.5, 0.6) is 0 Å². The molecule has 0 aromatic rings. The fraction of sp³-hybridized carbons (Fsp3) is 0.636. The Kier molecular flexibility index (Phi) is 3.08. The van der Waals surface area contributed by atoms with Gasteiger partial charge >= 0.3 is 11.9 Å². The third-order valence-electron chi connectivity index (χ3n) is 3.03.